The summed E-state index contributed by atoms with van der Waals surface area (Å²) in [5.74, 6) is 0. The van der Waals surface area contributed by atoms with Crippen molar-refractivity contribution >= 4 is 0 Å². The number of hydrogen-bond donors (Lipinski definition) is 1. The quantitative estimate of drug-likeness (QED) is 0.870. The molecule has 1 aliphatic rings. The van der Waals surface area contributed by atoms with E-state index in [2.05, 4.69) is 29.9 Å². The van der Waals surface area contributed by atoms with Crippen LogP contribution in [0.25, 0.3) is 0 Å². The van der Waals surface area contributed by atoms with E-state index in [9.17, 15) is 0 Å². The Morgan fingerprint density at radius 2 is 2.05 bits per heavy atom. The summed E-state index contributed by atoms with van der Waals surface area (Å²) in [4.78, 5) is 2.63. The van der Waals surface area contributed by atoms with Gasteiger partial charge in [0.2, 0.25) is 0 Å². The second-order valence-electron chi connectivity index (χ2n) is 6.31. The number of rotatable bonds is 6. The summed E-state index contributed by atoms with van der Waals surface area (Å²) in [7, 11) is 2.04. The Bertz CT molecular complexity index is 418. The predicted octanol–water partition coefficient (Wildman–Crippen LogP) is 2.60. The van der Waals surface area contributed by atoms with Crippen molar-refractivity contribution in [2.24, 2.45) is 12.8 Å². The van der Waals surface area contributed by atoms with Crippen molar-refractivity contribution in [2.75, 3.05) is 13.1 Å². The van der Waals surface area contributed by atoms with E-state index in [0.29, 0.717) is 0 Å². The van der Waals surface area contributed by atoms with E-state index in [1.54, 1.807) is 0 Å². The first-order chi connectivity index (χ1) is 9.61. The Kier molecular flexibility index (Phi) is 5.22. The Morgan fingerprint density at radius 1 is 1.35 bits per heavy atom. The second-order valence-corrected chi connectivity index (χ2v) is 6.31. The van der Waals surface area contributed by atoms with Crippen LogP contribution in [0, 0.1) is 6.92 Å². The molecule has 1 aliphatic carbocycles. The van der Waals surface area contributed by atoms with Crippen LogP contribution in [-0.4, -0.2) is 33.3 Å². The van der Waals surface area contributed by atoms with Crippen LogP contribution in [0.5, 0.6) is 0 Å². The lowest BCUT2D eigenvalue weighted by atomic mass is 9.80. The first-order valence-electron chi connectivity index (χ1n) is 8.06. The maximum Gasteiger partial charge on any atom is 0.0597 e. The van der Waals surface area contributed by atoms with Crippen molar-refractivity contribution in [3.63, 3.8) is 0 Å². The van der Waals surface area contributed by atoms with Gasteiger partial charge in [0.15, 0.2) is 0 Å². The van der Waals surface area contributed by atoms with Crippen LogP contribution in [0.3, 0.4) is 0 Å². The smallest absolute Gasteiger partial charge is 0.0597 e. The molecule has 1 saturated carbocycles. The molecule has 1 aromatic heterocycles. The fourth-order valence-electron chi connectivity index (χ4n) is 3.62. The summed E-state index contributed by atoms with van der Waals surface area (Å²) >= 11 is 0. The van der Waals surface area contributed by atoms with Crippen molar-refractivity contribution in [1.29, 1.82) is 0 Å². The van der Waals surface area contributed by atoms with Gasteiger partial charge in [-0.05, 0) is 38.8 Å². The molecule has 2 rings (SSSR count). The molecule has 114 valence electrons. The zero-order valence-electron chi connectivity index (χ0n) is 13.4. The Hall–Kier alpha value is -0.870. The third-order valence-corrected chi connectivity index (χ3v) is 4.78. The molecule has 0 amide bonds. The Morgan fingerprint density at radius 3 is 2.55 bits per heavy atom. The lowest BCUT2D eigenvalue weighted by molar-refractivity contribution is 0.0474. The van der Waals surface area contributed by atoms with Crippen LogP contribution in [0.4, 0.5) is 0 Å². The van der Waals surface area contributed by atoms with Crippen LogP contribution < -0.4 is 5.73 Å². The molecule has 2 N–H and O–H groups in total. The van der Waals surface area contributed by atoms with E-state index in [1.807, 2.05) is 11.7 Å². The van der Waals surface area contributed by atoms with Gasteiger partial charge in [0.05, 0.1) is 11.4 Å². The van der Waals surface area contributed by atoms with Crippen molar-refractivity contribution in [1.82, 2.24) is 14.7 Å². The summed E-state index contributed by atoms with van der Waals surface area (Å²) in [6, 6.07) is 2.20. The number of nitrogens with zero attached hydrogens (tertiary/aromatic N) is 3. The highest BCUT2D eigenvalue weighted by Gasteiger charge is 2.36. The largest absolute Gasteiger partial charge is 0.329 e. The van der Waals surface area contributed by atoms with Gasteiger partial charge in [-0.25, -0.2) is 0 Å². The molecule has 0 aliphatic heterocycles. The first kappa shape index (κ1) is 15.5. The minimum atomic E-state index is 0.215. The van der Waals surface area contributed by atoms with E-state index in [1.165, 1.54) is 44.2 Å². The zero-order chi connectivity index (χ0) is 14.6. The van der Waals surface area contributed by atoms with Crippen LogP contribution in [-0.2, 0) is 13.6 Å². The Balaban J connectivity index is 2.18. The van der Waals surface area contributed by atoms with Gasteiger partial charge in [-0.1, -0.05) is 26.2 Å². The maximum absolute atomic E-state index is 6.20. The summed E-state index contributed by atoms with van der Waals surface area (Å²) in [5, 5.41) is 4.48. The van der Waals surface area contributed by atoms with Gasteiger partial charge < -0.3 is 5.73 Å². The molecule has 0 saturated heterocycles. The standard InChI is InChI=1S/C16H30N4/c1-4-10-20(12-15-11-14(2)18-19(15)3)16(13-17)8-6-5-7-9-16/h11H,4-10,12-13,17H2,1-3H3. The molecule has 1 heterocycles. The molecule has 0 atom stereocenters. The molecule has 20 heavy (non-hydrogen) atoms. The van der Waals surface area contributed by atoms with E-state index in [4.69, 9.17) is 5.73 Å². The average Bonchev–Trinajstić information content (AvgIpc) is 2.77. The van der Waals surface area contributed by atoms with Crippen LogP contribution in [0.1, 0.15) is 56.8 Å². The van der Waals surface area contributed by atoms with E-state index in [0.717, 1.165) is 25.3 Å². The van der Waals surface area contributed by atoms with Crippen molar-refractivity contribution in [3.05, 3.63) is 17.5 Å². The average molecular weight is 278 g/mol. The van der Waals surface area contributed by atoms with E-state index < -0.39 is 0 Å². The summed E-state index contributed by atoms with van der Waals surface area (Å²) in [6.07, 6.45) is 7.69. The van der Waals surface area contributed by atoms with Gasteiger partial charge in [0, 0.05) is 25.7 Å². The monoisotopic (exact) mass is 278 g/mol. The minimum Gasteiger partial charge on any atom is -0.329 e. The van der Waals surface area contributed by atoms with Gasteiger partial charge in [0.1, 0.15) is 0 Å². The van der Waals surface area contributed by atoms with Gasteiger partial charge in [-0.15, -0.1) is 0 Å². The third-order valence-electron chi connectivity index (χ3n) is 4.78. The van der Waals surface area contributed by atoms with E-state index in [-0.39, 0.29) is 5.54 Å². The minimum absolute atomic E-state index is 0.215. The topological polar surface area (TPSA) is 47.1 Å². The molecule has 0 unspecified atom stereocenters. The molecule has 4 heteroatoms. The molecule has 1 aromatic rings. The predicted molar refractivity (Wildman–Crippen MR) is 83.5 cm³/mol. The summed E-state index contributed by atoms with van der Waals surface area (Å²) in [6.45, 7) is 7.20. The lowest BCUT2D eigenvalue weighted by Crippen LogP contribution is -2.55. The highest BCUT2D eigenvalue weighted by atomic mass is 15.3. The fraction of sp³-hybridized carbons (Fsp3) is 0.812. The summed E-state index contributed by atoms with van der Waals surface area (Å²) < 4.78 is 2.02. The van der Waals surface area contributed by atoms with Crippen LogP contribution >= 0.6 is 0 Å². The first-order valence-corrected chi connectivity index (χ1v) is 8.06. The van der Waals surface area contributed by atoms with Gasteiger partial charge in [0.25, 0.3) is 0 Å². The normalized spacial score (nSPS) is 18.6. The molecule has 4 nitrogen and oxygen atoms in total. The number of aryl methyl sites for hydroxylation is 2. The van der Waals surface area contributed by atoms with Crippen molar-refractivity contribution in [2.45, 2.75) is 64.5 Å². The van der Waals surface area contributed by atoms with Crippen LogP contribution in [0.2, 0.25) is 0 Å². The van der Waals surface area contributed by atoms with Gasteiger partial charge >= 0.3 is 0 Å². The molecule has 0 bridgehead atoms. The highest BCUT2D eigenvalue weighted by Crippen LogP contribution is 2.34. The molecular weight excluding hydrogens is 248 g/mol. The molecular formula is C16H30N4. The molecule has 0 spiro atoms. The third kappa shape index (κ3) is 3.23. The SMILES string of the molecule is CCCN(Cc1cc(C)nn1C)C1(CN)CCCCC1. The molecule has 0 radical (unpaired) electrons. The van der Waals surface area contributed by atoms with Gasteiger partial charge in [-0.3, -0.25) is 9.58 Å². The molecule has 0 aromatic carbocycles. The molecule has 1 fully saturated rings. The number of nitrogens with two attached hydrogens (primary N) is 1. The van der Waals surface area contributed by atoms with Crippen molar-refractivity contribution in [3.8, 4) is 0 Å². The summed E-state index contributed by atoms with van der Waals surface area (Å²) in [5.41, 5.74) is 8.82. The highest BCUT2D eigenvalue weighted by molar-refractivity contribution is 5.10. The fourth-order valence-corrected chi connectivity index (χ4v) is 3.62. The van der Waals surface area contributed by atoms with Crippen molar-refractivity contribution < 1.29 is 0 Å². The lowest BCUT2D eigenvalue weighted by Gasteiger charge is -2.46. The zero-order valence-corrected chi connectivity index (χ0v) is 13.4. The van der Waals surface area contributed by atoms with E-state index >= 15 is 0 Å². The van der Waals surface area contributed by atoms with Crippen LogP contribution in [0.15, 0.2) is 6.07 Å². The number of aromatic nitrogens is 2. The Labute approximate surface area is 123 Å². The maximum atomic E-state index is 6.20. The second kappa shape index (κ2) is 6.72. The van der Waals surface area contributed by atoms with Gasteiger partial charge in [-0.2, -0.15) is 5.10 Å². The number of hydrogen-bond acceptors (Lipinski definition) is 3.